The zero-order valence-electron chi connectivity index (χ0n) is 13.5. The highest BCUT2D eigenvalue weighted by Crippen LogP contribution is 2.37. The number of amides is 1. The number of hydrogen-bond donors (Lipinski definition) is 2. The van der Waals surface area contributed by atoms with Crippen LogP contribution in [-0.2, 0) is 6.42 Å². The van der Waals surface area contributed by atoms with Crippen LogP contribution in [0.5, 0.6) is 0 Å². The summed E-state index contributed by atoms with van der Waals surface area (Å²) in [6, 6.07) is 5.33. The second-order valence-electron chi connectivity index (χ2n) is 6.21. The number of hydrogen-bond acceptors (Lipinski definition) is 4. The number of H-pyrrole nitrogens is 2. The van der Waals surface area contributed by atoms with Crippen LogP contribution in [0.3, 0.4) is 0 Å². The van der Waals surface area contributed by atoms with E-state index in [0.29, 0.717) is 16.6 Å². The van der Waals surface area contributed by atoms with Crippen molar-refractivity contribution in [1.82, 2.24) is 19.9 Å². The predicted molar refractivity (Wildman–Crippen MR) is 93.5 cm³/mol. The number of nitrogens with zero attached hydrogens (tertiary/aromatic N) is 2. The molecule has 0 saturated heterocycles. The Morgan fingerprint density at radius 3 is 2.96 bits per heavy atom. The lowest BCUT2D eigenvalue weighted by Crippen LogP contribution is -2.32. The summed E-state index contributed by atoms with van der Waals surface area (Å²) < 4.78 is 0. The lowest BCUT2D eigenvalue weighted by molar-refractivity contribution is 0.0718. The van der Waals surface area contributed by atoms with E-state index in [2.05, 4.69) is 15.0 Å². The van der Waals surface area contributed by atoms with Crippen molar-refractivity contribution in [3.05, 3.63) is 49.8 Å². The van der Waals surface area contributed by atoms with Crippen LogP contribution in [0.15, 0.2) is 23.0 Å². The Bertz CT molecular complexity index is 984. The van der Waals surface area contributed by atoms with Crippen LogP contribution in [0.1, 0.15) is 44.8 Å². The monoisotopic (exact) mass is 342 g/mol. The van der Waals surface area contributed by atoms with Crippen molar-refractivity contribution < 1.29 is 4.79 Å². The smallest absolute Gasteiger partial charge is 0.323 e. The van der Waals surface area contributed by atoms with Gasteiger partial charge >= 0.3 is 5.69 Å². The highest BCUT2D eigenvalue weighted by molar-refractivity contribution is 7.11. The number of benzene rings is 1. The third kappa shape index (κ3) is 2.45. The highest BCUT2D eigenvalue weighted by atomic mass is 32.1. The molecule has 3 aromatic rings. The van der Waals surface area contributed by atoms with Gasteiger partial charge < -0.3 is 14.9 Å². The Balaban J connectivity index is 1.67. The zero-order valence-corrected chi connectivity index (χ0v) is 14.4. The Hall–Kier alpha value is -2.41. The number of carbonyl (C=O) groups is 1. The SMILES string of the molecule is Cc1nc2c(s1)[C@H](N(C)C(=O)c1ccc3[nH]c(=O)[nH]c3c1)CCC2. The minimum absolute atomic E-state index is 0.0390. The van der Waals surface area contributed by atoms with E-state index in [9.17, 15) is 9.59 Å². The molecular weight excluding hydrogens is 324 g/mol. The lowest BCUT2D eigenvalue weighted by atomic mass is 9.96. The molecule has 0 saturated carbocycles. The molecule has 7 heteroatoms. The van der Waals surface area contributed by atoms with Gasteiger partial charge in [-0.15, -0.1) is 11.3 Å². The first-order chi connectivity index (χ1) is 11.5. The van der Waals surface area contributed by atoms with Gasteiger partial charge in [-0.05, 0) is 44.4 Å². The molecule has 24 heavy (non-hydrogen) atoms. The average molecular weight is 342 g/mol. The van der Waals surface area contributed by atoms with E-state index in [4.69, 9.17) is 0 Å². The first kappa shape index (κ1) is 15.1. The number of aryl methyl sites for hydroxylation is 2. The number of carbonyl (C=O) groups excluding carboxylic acids is 1. The number of thiazole rings is 1. The number of aromatic nitrogens is 3. The van der Waals surface area contributed by atoms with E-state index >= 15 is 0 Å². The fourth-order valence-electron chi connectivity index (χ4n) is 3.40. The van der Waals surface area contributed by atoms with Crippen LogP contribution in [0.2, 0.25) is 0 Å². The topological polar surface area (TPSA) is 81.8 Å². The van der Waals surface area contributed by atoms with Crippen molar-refractivity contribution in [1.29, 1.82) is 0 Å². The molecule has 2 aromatic heterocycles. The maximum atomic E-state index is 12.9. The van der Waals surface area contributed by atoms with E-state index in [1.54, 1.807) is 29.5 Å². The molecule has 2 heterocycles. The fraction of sp³-hybridized carbons (Fsp3) is 0.353. The zero-order chi connectivity index (χ0) is 16.8. The molecule has 0 spiro atoms. The third-order valence-electron chi connectivity index (χ3n) is 4.58. The van der Waals surface area contributed by atoms with E-state index in [0.717, 1.165) is 30.0 Å². The first-order valence-corrected chi connectivity index (χ1v) is 8.80. The molecule has 1 aliphatic rings. The normalized spacial score (nSPS) is 17.0. The van der Waals surface area contributed by atoms with E-state index in [1.807, 2.05) is 18.9 Å². The predicted octanol–water partition coefficient (Wildman–Crippen LogP) is 2.77. The summed E-state index contributed by atoms with van der Waals surface area (Å²) >= 11 is 1.69. The molecule has 124 valence electrons. The Kier molecular flexibility index (Phi) is 3.53. The van der Waals surface area contributed by atoms with Gasteiger partial charge in [-0.1, -0.05) is 0 Å². The van der Waals surface area contributed by atoms with Crippen molar-refractivity contribution in [2.45, 2.75) is 32.2 Å². The van der Waals surface area contributed by atoms with Crippen molar-refractivity contribution in [3.8, 4) is 0 Å². The van der Waals surface area contributed by atoms with E-state index in [-0.39, 0.29) is 17.6 Å². The van der Waals surface area contributed by atoms with E-state index in [1.165, 1.54) is 4.88 Å². The minimum atomic E-state index is -0.264. The van der Waals surface area contributed by atoms with Crippen LogP contribution in [0.4, 0.5) is 0 Å². The number of nitrogens with one attached hydrogen (secondary N) is 2. The summed E-state index contributed by atoms with van der Waals surface area (Å²) in [5.74, 6) is -0.0390. The number of aromatic amines is 2. The molecule has 0 unspecified atom stereocenters. The summed E-state index contributed by atoms with van der Waals surface area (Å²) in [5, 5.41) is 1.05. The van der Waals surface area contributed by atoms with Gasteiger partial charge in [-0.3, -0.25) is 4.79 Å². The largest absolute Gasteiger partial charge is 0.334 e. The number of imidazole rings is 1. The highest BCUT2D eigenvalue weighted by Gasteiger charge is 2.30. The molecule has 0 aliphatic heterocycles. The van der Waals surface area contributed by atoms with Gasteiger partial charge in [0.1, 0.15) is 0 Å². The summed E-state index contributed by atoms with van der Waals surface area (Å²) in [6.07, 6.45) is 3.00. The van der Waals surface area contributed by atoms with Gasteiger partial charge in [0, 0.05) is 12.6 Å². The number of rotatable bonds is 2. The molecule has 1 aromatic carbocycles. The molecule has 0 radical (unpaired) electrons. The first-order valence-electron chi connectivity index (χ1n) is 7.98. The molecule has 6 nitrogen and oxygen atoms in total. The minimum Gasteiger partial charge on any atom is -0.334 e. The van der Waals surface area contributed by atoms with Crippen molar-refractivity contribution in [3.63, 3.8) is 0 Å². The van der Waals surface area contributed by atoms with E-state index < -0.39 is 0 Å². The van der Waals surface area contributed by atoms with Gasteiger partial charge in [0.05, 0.1) is 32.7 Å². The van der Waals surface area contributed by atoms with Crippen LogP contribution >= 0.6 is 11.3 Å². The number of fused-ring (bicyclic) bond motifs is 2. The van der Waals surface area contributed by atoms with Gasteiger partial charge in [-0.25, -0.2) is 9.78 Å². The molecule has 1 atom stereocenters. The molecular formula is C17H18N4O2S. The summed E-state index contributed by atoms with van der Waals surface area (Å²) in [6.45, 7) is 2.01. The second-order valence-corrected chi connectivity index (χ2v) is 7.44. The summed E-state index contributed by atoms with van der Waals surface area (Å²) in [5.41, 5.74) is 2.81. The summed E-state index contributed by atoms with van der Waals surface area (Å²) in [4.78, 5) is 37.3. The molecule has 0 fully saturated rings. The van der Waals surface area contributed by atoms with Gasteiger partial charge in [-0.2, -0.15) is 0 Å². The van der Waals surface area contributed by atoms with Gasteiger partial charge in [0.2, 0.25) is 0 Å². The van der Waals surface area contributed by atoms with Gasteiger partial charge in [0.15, 0.2) is 0 Å². The second kappa shape index (κ2) is 5.59. The third-order valence-corrected chi connectivity index (χ3v) is 5.69. The van der Waals surface area contributed by atoms with Crippen molar-refractivity contribution in [2.24, 2.45) is 0 Å². The molecule has 4 rings (SSSR count). The maximum absolute atomic E-state index is 12.9. The van der Waals surface area contributed by atoms with Gasteiger partial charge in [0.25, 0.3) is 5.91 Å². The van der Waals surface area contributed by atoms with Crippen LogP contribution in [0, 0.1) is 6.92 Å². The van der Waals surface area contributed by atoms with Crippen LogP contribution in [-0.4, -0.2) is 32.8 Å². The molecule has 1 aliphatic carbocycles. The Labute approximate surface area is 142 Å². The Morgan fingerprint density at radius 1 is 1.33 bits per heavy atom. The summed E-state index contributed by atoms with van der Waals surface area (Å²) in [7, 11) is 1.85. The van der Waals surface area contributed by atoms with Crippen molar-refractivity contribution >= 4 is 28.3 Å². The van der Waals surface area contributed by atoms with Crippen LogP contribution < -0.4 is 5.69 Å². The Morgan fingerprint density at radius 2 is 2.12 bits per heavy atom. The molecule has 1 amide bonds. The maximum Gasteiger partial charge on any atom is 0.323 e. The quantitative estimate of drug-likeness (QED) is 0.751. The molecule has 0 bridgehead atoms. The fourth-order valence-corrected chi connectivity index (χ4v) is 4.55. The standard InChI is InChI=1S/C17H18N4O2S/c1-9-18-12-4-3-5-14(15(12)24-9)21(2)16(22)10-6-7-11-13(8-10)20-17(23)19-11/h6-8,14H,3-5H2,1-2H3,(H2,19,20,23)/t14-/m1/s1. The average Bonchev–Trinajstić information content (AvgIpc) is 3.12. The van der Waals surface area contributed by atoms with Crippen molar-refractivity contribution in [2.75, 3.05) is 7.05 Å². The molecule has 2 N–H and O–H groups in total. The van der Waals surface area contributed by atoms with Crippen LogP contribution in [0.25, 0.3) is 11.0 Å². The lowest BCUT2D eigenvalue weighted by Gasteiger charge is -2.30.